The van der Waals surface area contributed by atoms with E-state index in [-0.39, 0.29) is 5.96 Å². The summed E-state index contributed by atoms with van der Waals surface area (Å²) in [5.74, 6) is -5.86. The van der Waals surface area contributed by atoms with Crippen LogP contribution in [0.5, 0.6) is 0 Å². The molecule has 0 radical (unpaired) electrons. The van der Waals surface area contributed by atoms with Gasteiger partial charge in [-0.2, -0.15) is 0 Å². The molecule has 18 heavy (non-hydrogen) atoms. The molecule has 3 nitrogen and oxygen atoms in total. The summed E-state index contributed by atoms with van der Waals surface area (Å²) >= 11 is 0. The fourth-order valence-electron chi connectivity index (χ4n) is 1.55. The van der Waals surface area contributed by atoms with E-state index in [1.807, 2.05) is 0 Å². The number of nitrogens with two attached hydrogens (primary N) is 1. The largest absolute Gasteiger partial charge is 0.370 e. The summed E-state index contributed by atoms with van der Waals surface area (Å²) in [6.07, 6.45) is 0.976. The lowest BCUT2D eigenvalue weighted by Crippen LogP contribution is -2.46. The van der Waals surface area contributed by atoms with E-state index < -0.39 is 35.4 Å². The second kappa shape index (κ2) is 4.83. The van der Waals surface area contributed by atoms with Gasteiger partial charge in [0, 0.05) is 24.7 Å². The van der Waals surface area contributed by atoms with Crippen molar-refractivity contribution in [1.29, 1.82) is 0 Å². The number of guanidine groups is 1. The first kappa shape index (κ1) is 12.7. The molecule has 0 amide bonds. The van der Waals surface area contributed by atoms with Crippen molar-refractivity contribution in [2.75, 3.05) is 13.1 Å². The van der Waals surface area contributed by atoms with Crippen LogP contribution in [0, 0.1) is 23.3 Å². The molecule has 1 aliphatic rings. The number of aliphatic imine (C=N–C) groups is 1. The first-order valence-electron chi connectivity index (χ1n) is 5.37. The van der Waals surface area contributed by atoms with E-state index in [1.54, 1.807) is 4.90 Å². The Kier molecular flexibility index (Phi) is 3.40. The maximum Gasteiger partial charge on any atom is 0.194 e. The Bertz CT molecular complexity index is 498. The van der Waals surface area contributed by atoms with Crippen molar-refractivity contribution in [2.24, 2.45) is 10.7 Å². The van der Waals surface area contributed by atoms with Crippen molar-refractivity contribution < 1.29 is 17.6 Å². The lowest BCUT2D eigenvalue weighted by atomic mass is 10.2. The number of halogens is 4. The third kappa shape index (κ3) is 2.25. The van der Waals surface area contributed by atoms with Crippen molar-refractivity contribution >= 4 is 5.96 Å². The fraction of sp³-hybridized carbons (Fsp3) is 0.364. The molecule has 98 valence electrons. The van der Waals surface area contributed by atoms with E-state index in [4.69, 9.17) is 5.73 Å². The van der Waals surface area contributed by atoms with Gasteiger partial charge < -0.3 is 10.6 Å². The van der Waals surface area contributed by atoms with E-state index in [0.29, 0.717) is 6.07 Å². The molecule has 1 aromatic rings. The fourth-order valence-corrected chi connectivity index (χ4v) is 1.55. The molecule has 0 bridgehead atoms. The standard InChI is InChI=1S/C11H11F4N3/c12-7-4-8(13)10(15)9(14)6(7)5-17-11(16)18-2-1-3-18/h4H,1-3,5H2,(H2,16,17). The summed E-state index contributed by atoms with van der Waals surface area (Å²) in [7, 11) is 0. The van der Waals surface area contributed by atoms with Gasteiger partial charge in [0.15, 0.2) is 23.4 Å². The van der Waals surface area contributed by atoms with Crippen LogP contribution < -0.4 is 5.73 Å². The summed E-state index contributed by atoms with van der Waals surface area (Å²) in [5.41, 5.74) is 4.93. The van der Waals surface area contributed by atoms with Crippen molar-refractivity contribution in [3.63, 3.8) is 0 Å². The smallest absolute Gasteiger partial charge is 0.194 e. The molecule has 0 unspecified atom stereocenters. The summed E-state index contributed by atoms with van der Waals surface area (Å²) in [6.45, 7) is 1.01. The number of nitrogens with zero attached hydrogens (tertiary/aromatic N) is 2. The average molecular weight is 261 g/mol. The van der Waals surface area contributed by atoms with Crippen LogP contribution in [0.3, 0.4) is 0 Å². The Balaban J connectivity index is 2.21. The zero-order chi connectivity index (χ0) is 13.3. The SMILES string of the molecule is NC(=NCc1c(F)cc(F)c(F)c1F)N1CCC1. The van der Waals surface area contributed by atoms with Crippen molar-refractivity contribution in [3.8, 4) is 0 Å². The van der Waals surface area contributed by atoms with Crippen LogP contribution in [0.4, 0.5) is 17.6 Å². The molecule has 1 aromatic carbocycles. The highest BCUT2D eigenvalue weighted by atomic mass is 19.2. The third-order valence-electron chi connectivity index (χ3n) is 2.79. The summed E-state index contributed by atoms with van der Waals surface area (Å²) < 4.78 is 52.2. The molecule has 0 spiro atoms. The zero-order valence-corrected chi connectivity index (χ0v) is 9.39. The molecular weight excluding hydrogens is 250 g/mol. The predicted octanol–water partition coefficient (Wildman–Crippen LogP) is 1.76. The Morgan fingerprint density at radius 3 is 2.39 bits per heavy atom. The van der Waals surface area contributed by atoms with E-state index >= 15 is 0 Å². The minimum absolute atomic E-state index is 0.143. The van der Waals surface area contributed by atoms with Gasteiger partial charge in [-0.25, -0.2) is 22.6 Å². The van der Waals surface area contributed by atoms with Crippen LogP contribution in [0.1, 0.15) is 12.0 Å². The van der Waals surface area contributed by atoms with Gasteiger partial charge in [0.2, 0.25) is 0 Å². The van der Waals surface area contributed by atoms with Crippen molar-refractivity contribution in [2.45, 2.75) is 13.0 Å². The van der Waals surface area contributed by atoms with E-state index in [9.17, 15) is 17.6 Å². The van der Waals surface area contributed by atoms with Crippen molar-refractivity contribution in [1.82, 2.24) is 4.90 Å². The van der Waals surface area contributed by atoms with E-state index in [0.717, 1.165) is 19.5 Å². The van der Waals surface area contributed by atoms with E-state index in [1.165, 1.54) is 0 Å². The second-order valence-electron chi connectivity index (χ2n) is 3.96. The first-order chi connectivity index (χ1) is 8.50. The third-order valence-corrected chi connectivity index (χ3v) is 2.79. The van der Waals surface area contributed by atoms with Gasteiger partial charge in [-0.15, -0.1) is 0 Å². The molecule has 0 saturated carbocycles. The Morgan fingerprint density at radius 2 is 1.83 bits per heavy atom. The molecule has 2 N–H and O–H groups in total. The lowest BCUT2D eigenvalue weighted by Gasteiger charge is -2.31. The van der Waals surface area contributed by atoms with Crippen LogP contribution in [0.15, 0.2) is 11.1 Å². The van der Waals surface area contributed by atoms with E-state index in [2.05, 4.69) is 4.99 Å². The summed E-state index contributed by atoms with van der Waals surface area (Å²) in [6, 6.07) is 0.295. The zero-order valence-electron chi connectivity index (χ0n) is 9.39. The number of rotatable bonds is 2. The highest BCUT2D eigenvalue weighted by Gasteiger charge is 2.20. The second-order valence-corrected chi connectivity index (χ2v) is 3.96. The van der Waals surface area contributed by atoms with Gasteiger partial charge >= 0.3 is 0 Å². The van der Waals surface area contributed by atoms with Gasteiger partial charge in [-0.1, -0.05) is 0 Å². The predicted molar refractivity (Wildman–Crippen MR) is 57.8 cm³/mol. The molecule has 0 aliphatic carbocycles. The number of benzene rings is 1. The maximum atomic E-state index is 13.3. The van der Waals surface area contributed by atoms with Gasteiger partial charge in [-0.3, -0.25) is 0 Å². The Morgan fingerprint density at radius 1 is 1.17 bits per heavy atom. The van der Waals surface area contributed by atoms with Gasteiger partial charge in [0.05, 0.1) is 6.54 Å². The Hall–Kier alpha value is -1.79. The average Bonchev–Trinajstić information content (AvgIpc) is 2.23. The number of hydrogen-bond acceptors (Lipinski definition) is 1. The molecule has 0 atom stereocenters. The molecule has 1 fully saturated rings. The molecular formula is C11H11F4N3. The lowest BCUT2D eigenvalue weighted by molar-refractivity contribution is 0.295. The van der Waals surface area contributed by atoms with Crippen LogP contribution in [0.2, 0.25) is 0 Å². The topological polar surface area (TPSA) is 41.6 Å². The molecule has 1 saturated heterocycles. The van der Waals surface area contributed by atoms with Crippen LogP contribution in [-0.4, -0.2) is 23.9 Å². The highest BCUT2D eigenvalue weighted by Crippen LogP contribution is 2.20. The molecule has 2 rings (SSSR count). The van der Waals surface area contributed by atoms with Gasteiger partial charge in [0.1, 0.15) is 5.82 Å². The van der Waals surface area contributed by atoms with Crippen LogP contribution in [-0.2, 0) is 6.54 Å². The normalized spacial score (nSPS) is 15.8. The Labute approximate surface area is 101 Å². The molecule has 1 aliphatic heterocycles. The maximum absolute atomic E-state index is 13.3. The van der Waals surface area contributed by atoms with Crippen molar-refractivity contribution in [3.05, 3.63) is 34.9 Å². The minimum atomic E-state index is -1.70. The van der Waals surface area contributed by atoms with Gasteiger partial charge in [0.25, 0.3) is 0 Å². The van der Waals surface area contributed by atoms with Gasteiger partial charge in [-0.05, 0) is 6.42 Å². The summed E-state index contributed by atoms with van der Waals surface area (Å²) in [5, 5.41) is 0. The highest BCUT2D eigenvalue weighted by molar-refractivity contribution is 5.78. The quantitative estimate of drug-likeness (QED) is 0.290. The number of hydrogen-bond donors (Lipinski definition) is 1. The van der Waals surface area contributed by atoms with Crippen LogP contribution in [0.25, 0.3) is 0 Å². The first-order valence-corrected chi connectivity index (χ1v) is 5.37. The van der Waals surface area contributed by atoms with Crippen LogP contribution >= 0.6 is 0 Å². The molecule has 7 heteroatoms. The summed E-state index contributed by atoms with van der Waals surface area (Å²) in [4.78, 5) is 5.48. The molecule has 0 aromatic heterocycles. The minimum Gasteiger partial charge on any atom is -0.370 e. The number of likely N-dealkylation sites (tertiary alicyclic amines) is 1. The monoisotopic (exact) mass is 261 g/mol. The molecule has 1 heterocycles.